The fraction of sp³-hybridized carbons (Fsp3) is 0.0952. The molecule has 0 unspecified atom stereocenters. The number of nitrogens with zero attached hydrogens (tertiary/aromatic N) is 3. The molecule has 9 heteroatoms. The highest BCUT2D eigenvalue weighted by atomic mass is 32.2. The largest absolute Gasteiger partial charge is 0.449 e. The molecule has 0 aliphatic rings. The van der Waals surface area contributed by atoms with Gasteiger partial charge in [0.1, 0.15) is 11.1 Å². The van der Waals surface area contributed by atoms with E-state index in [1.807, 2.05) is 0 Å². The van der Waals surface area contributed by atoms with Gasteiger partial charge in [-0.05, 0) is 24.3 Å². The van der Waals surface area contributed by atoms with Gasteiger partial charge < -0.3 is 13.6 Å². The van der Waals surface area contributed by atoms with Crippen LogP contribution in [0.1, 0.15) is 10.4 Å². The summed E-state index contributed by atoms with van der Waals surface area (Å²) in [6.07, 6.45) is 3.28. The number of ether oxygens (including phenoxy) is 1. The van der Waals surface area contributed by atoms with Crippen LogP contribution in [0, 0.1) is 11.8 Å². The van der Waals surface area contributed by atoms with E-state index in [0.717, 1.165) is 5.56 Å². The van der Waals surface area contributed by atoms with Crippen molar-refractivity contribution in [2.24, 2.45) is 0 Å². The number of benzene rings is 1. The maximum absolute atomic E-state index is 12.1. The van der Waals surface area contributed by atoms with Crippen LogP contribution < -0.4 is 5.63 Å². The maximum Gasteiger partial charge on any atom is 0.351 e. The number of esters is 1. The molecule has 4 aromatic rings. The van der Waals surface area contributed by atoms with Crippen molar-refractivity contribution >= 4 is 28.7 Å². The smallest absolute Gasteiger partial charge is 0.351 e. The molecule has 3 aromatic heterocycles. The van der Waals surface area contributed by atoms with Crippen molar-refractivity contribution in [3.05, 3.63) is 70.8 Å². The van der Waals surface area contributed by atoms with Gasteiger partial charge in [-0.25, -0.2) is 9.59 Å². The Kier molecular flexibility index (Phi) is 5.87. The molecule has 0 spiro atoms. The number of carbonyl (C=O) groups excluding carboxylic acids is 1. The summed E-state index contributed by atoms with van der Waals surface area (Å²) in [6.45, 7) is -0.155. The lowest BCUT2D eigenvalue weighted by atomic mass is 10.2. The molecule has 0 fully saturated rings. The van der Waals surface area contributed by atoms with Gasteiger partial charge in [-0.3, -0.25) is 4.98 Å². The number of carbonyl (C=O) groups is 1. The summed E-state index contributed by atoms with van der Waals surface area (Å²) >= 11 is 1.26. The van der Waals surface area contributed by atoms with Gasteiger partial charge in [-0.2, -0.15) is 0 Å². The zero-order valence-electron chi connectivity index (χ0n) is 15.4. The van der Waals surface area contributed by atoms with Crippen LogP contribution in [-0.4, -0.2) is 33.5 Å². The van der Waals surface area contributed by atoms with E-state index < -0.39 is 11.6 Å². The van der Waals surface area contributed by atoms with Crippen molar-refractivity contribution in [2.45, 2.75) is 5.22 Å². The molecular formula is C21H13N3O5S. The van der Waals surface area contributed by atoms with Crippen molar-refractivity contribution in [2.75, 3.05) is 12.4 Å². The number of thioether (sulfide) groups is 1. The van der Waals surface area contributed by atoms with Gasteiger partial charge in [0.25, 0.3) is 5.22 Å². The lowest BCUT2D eigenvalue weighted by molar-refractivity contribution is 0.0552. The highest BCUT2D eigenvalue weighted by Crippen LogP contribution is 2.22. The van der Waals surface area contributed by atoms with E-state index in [0.29, 0.717) is 27.8 Å². The number of hydrogen-bond donors (Lipinski definition) is 0. The first-order chi connectivity index (χ1) is 14.7. The van der Waals surface area contributed by atoms with Gasteiger partial charge in [0.05, 0.1) is 5.75 Å². The first-order valence-electron chi connectivity index (χ1n) is 8.73. The quantitative estimate of drug-likeness (QED) is 0.208. The third kappa shape index (κ3) is 4.56. The number of rotatable bonds is 5. The molecular weight excluding hydrogens is 406 g/mol. The molecule has 0 N–H and O–H groups in total. The minimum atomic E-state index is -0.782. The monoisotopic (exact) mass is 419 g/mol. The van der Waals surface area contributed by atoms with Crippen LogP contribution in [0.5, 0.6) is 0 Å². The van der Waals surface area contributed by atoms with Crippen molar-refractivity contribution in [3.8, 4) is 23.3 Å². The Hall–Kier alpha value is -3.90. The summed E-state index contributed by atoms with van der Waals surface area (Å²) in [4.78, 5) is 28.0. The summed E-state index contributed by atoms with van der Waals surface area (Å²) in [7, 11) is 0. The first-order valence-corrected chi connectivity index (χ1v) is 9.72. The van der Waals surface area contributed by atoms with E-state index in [9.17, 15) is 9.59 Å². The van der Waals surface area contributed by atoms with E-state index in [1.54, 1.807) is 48.8 Å². The van der Waals surface area contributed by atoms with Gasteiger partial charge in [0, 0.05) is 23.3 Å². The zero-order chi connectivity index (χ0) is 20.8. The second-order valence-electron chi connectivity index (χ2n) is 5.81. The third-order valence-corrected chi connectivity index (χ3v) is 4.56. The maximum atomic E-state index is 12.1. The molecule has 30 heavy (non-hydrogen) atoms. The molecule has 4 rings (SSSR count). The lowest BCUT2D eigenvalue weighted by Gasteiger charge is -2.01. The van der Waals surface area contributed by atoms with E-state index in [1.165, 1.54) is 17.8 Å². The Morgan fingerprint density at radius 3 is 2.77 bits per heavy atom. The second kappa shape index (κ2) is 9.07. The van der Waals surface area contributed by atoms with Crippen LogP contribution in [0.15, 0.2) is 73.7 Å². The molecule has 0 aliphatic carbocycles. The normalized spacial score (nSPS) is 10.4. The SMILES string of the molecule is O=C(OCC#CCSc1nnc(-c2ccncc2)o1)c1cc2ccccc2oc1=O. The fourth-order valence-corrected chi connectivity index (χ4v) is 3.00. The van der Waals surface area contributed by atoms with Gasteiger partial charge in [0.2, 0.25) is 5.89 Å². The number of fused-ring (bicyclic) bond motifs is 1. The Morgan fingerprint density at radius 1 is 1.07 bits per heavy atom. The number of aromatic nitrogens is 3. The molecule has 0 saturated heterocycles. The van der Waals surface area contributed by atoms with Crippen LogP contribution in [0.25, 0.3) is 22.4 Å². The zero-order valence-corrected chi connectivity index (χ0v) is 16.2. The average Bonchev–Trinajstić information content (AvgIpc) is 3.25. The minimum Gasteiger partial charge on any atom is -0.449 e. The first kappa shape index (κ1) is 19.4. The summed E-state index contributed by atoms with van der Waals surface area (Å²) in [5.41, 5.74) is 0.271. The predicted octanol–water partition coefficient (Wildman–Crippen LogP) is 3.19. The molecule has 8 nitrogen and oxygen atoms in total. The lowest BCUT2D eigenvalue weighted by Crippen LogP contribution is -2.16. The van der Waals surface area contributed by atoms with Gasteiger partial charge >= 0.3 is 11.6 Å². The van der Waals surface area contributed by atoms with Crippen LogP contribution in [0.3, 0.4) is 0 Å². The van der Waals surface area contributed by atoms with E-state index in [4.69, 9.17) is 13.6 Å². The molecule has 0 bridgehead atoms. The van der Waals surface area contributed by atoms with Crippen molar-refractivity contribution < 1.29 is 18.4 Å². The van der Waals surface area contributed by atoms with Crippen LogP contribution in [0.4, 0.5) is 0 Å². The molecule has 0 amide bonds. The summed E-state index contributed by atoms with van der Waals surface area (Å²) in [5, 5.41) is 8.92. The summed E-state index contributed by atoms with van der Waals surface area (Å²) in [6, 6.07) is 11.9. The number of pyridine rings is 1. The molecule has 0 atom stereocenters. The van der Waals surface area contributed by atoms with Crippen LogP contribution in [0.2, 0.25) is 0 Å². The van der Waals surface area contributed by atoms with Crippen LogP contribution in [-0.2, 0) is 4.74 Å². The summed E-state index contributed by atoms with van der Waals surface area (Å²) < 4.78 is 15.7. The molecule has 1 aromatic carbocycles. The number of hydrogen-bond acceptors (Lipinski definition) is 9. The average molecular weight is 419 g/mol. The molecule has 3 heterocycles. The molecule has 0 radical (unpaired) electrons. The second-order valence-corrected chi connectivity index (χ2v) is 6.74. The Bertz CT molecular complexity index is 1300. The molecule has 148 valence electrons. The standard InChI is InChI=1S/C21H13N3O5S/c25-19(16-13-15-5-1-2-6-17(15)28-20(16)26)27-11-3-4-12-30-21-24-23-18(29-21)14-7-9-22-10-8-14/h1-2,5-10,13H,11-12H2. The minimum absolute atomic E-state index is 0.155. The highest BCUT2D eigenvalue weighted by Gasteiger charge is 2.14. The fourth-order valence-electron chi connectivity index (χ4n) is 2.46. The van der Waals surface area contributed by atoms with Crippen molar-refractivity contribution in [1.82, 2.24) is 15.2 Å². The Morgan fingerprint density at radius 2 is 1.90 bits per heavy atom. The number of para-hydroxylation sites is 1. The Balaban J connectivity index is 1.29. The molecule has 0 saturated carbocycles. The van der Waals surface area contributed by atoms with E-state index >= 15 is 0 Å². The molecule has 0 aliphatic heterocycles. The van der Waals surface area contributed by atoms with Crippen molar-refractivity contribution in [1.29, 1.82) is 0 Å². The van der Waals surface area contributed by atoms with Gasteiger partial charge in [-0.1, -0.05) is 41.8 Å². The third-order valence-electron chi connectivity index (χ3n) is 3.86. The topological polar surface area (TPSA) is 108 Å². The predicted molar refractivity (Wildman–Crippen MR) is 109 cm³/mol. The Labute approximate surface area is 174 Å². The van der Waals surface area contributed by atoms with Crippen LogP contribution >= 0.6 is 11.8 Å². The van der Waals surface area contributed by atoms with Gasteiger partial charge in [0.15, 0.2) is 6.61 Å². The van der Waals surface area contributed by atoms with E-state index in [2.05, 4.69) is 27.0 Å². The van der Waals surface area contributed by atoms with Gasteiger partial charge in [-0.15, -0.1) is 10.2 Å². The van der Waals surface area contributed by atoms with Crippen molar-refractivity contribution in [3.63, 3.8) is 0 Å². The highest BCUT2D eigenvalue weighted by molar-refractivity contribution is 7.99. The van der Waals surface area contributed by atoms with E-state index in [-0.39, 0.29) is 12.2 Å². The summed E-state index contributed by atoms with van der Waals surface area (Å²) in [5.74, 6) is 5.52.